The number of hydrogen-bond acceptors (Lipinski definition) is 3. The Bertz CT molecular complexity index is 727. The van der Waals surface area contributed by atoms with Gasteiger partial charge in [0.05, 0.1) is 12.1 Å². The van der Waals surface area contributed by atoms with Gasteiger partial charge in [0.1, 0.15) is 0 Å². The Labute approximate surface area is 114 Å². The lowest BCUT2D eigenvalue weighted by Crippen LogP contribution is -2.42. The first-order chi connectivity index (χ1) is 9.58. The van der Waals surface area contributed by atoms with E-state index in [9.17, 15) is 14.0 Å². The summed E-state index contributed by atoms with van der Waals surface area (Å²) in [5.74, 6) is -2.30. The number of carbonyl (C=O) groups is 2. The van der Waals surface area contributed by atoms with Gasteiger partial charge in [0.25, 0.3) is 5.91 Å². The van der Waals surface area contributed by atoms with Gasteiger partial charge in [0.2, 0.25) is 5.91 Å². The van der Waals surface area contributed by atoms with Crippen LogP contribution in [0.5, 0.6) is 5.75 Å². The highest BCUT2D eigenvalue weighted by atomic mass is 19.1. The number of imide groups is 1. The molecule has 1 aliphatic heterocycles. The molecule has 3 rings (SSSR count). The molecular weight excluding hydrogens is 261 g/mol. The van der Waals surface area contributed by atoms with Crippen molar-refractivity contribution < 1.29 is 19.1 Å². The van der Waals surface area contributed by atoms with Gasteiger partial charge in [-0.15, -0.1) is 0 Å². The highest BCUT2D eigenvalue weighted by molar-refractivity contribution is 6.24. The van der Waals surface area contributed by atoms with Crippen LogP contribution in [0, 0.1) is 5.82 Å². The summed E-state index contributed by atoms with van der Waals surface area (Å²) in [6.07, 6.45) is 0.0877. The molecular formula is C15H10FNO3. The van der Waals surface area contributed by atoms with Crippen LogP contribution in [0.2, 0.25) is 0 Å². The van der Waals surface area contributed by atoms with E-state index in [4.69, 9.17) is 5.11 Å². The molecule has 0 aromatic heterocycles. The van der Waals surface area contributed by atoms with E-state index < -0.39 is 23.4 Å². The molecule has 5 heteroatoms. The van der Waals surface area contributed by atoms with Gasteiger partial charge in [-0.05, 0) is 23.8 Å². The highest BCUT2D eigenvalue weighted by Crippen LogP contribution is 2.28. The minimum absolute atomic E-state index is 0.0877. The number of halogens is 1. The SMILES string of the molecule is O=C1Cc2ccccc2C(=O)N1c1ccc(O)c(F)c1. The van der Waals surface area contributed by atoms with Crippen LogP contribution >= 0.6 is 0 Å². The molecule has 1 aliphatic rings. The van der Waals surface area contributed by atoms with Crippen molar-refractivity contribution in [2.24, 2.45) is 0 Å². The third kappa shape index (κ3) is 1.84. The minimum atomic E-state index is -0.873. The molecule has 1 N–H and O–H groups in total. The Morgan fingerprint density at radius 3 is 2.60 bits per heavy atom. The van der Waals surface area contributed by atoms with E-state index in [0.717, 1.165) is 17.0 Å². The summed E-state index contributed by atoms with van der Waals surface area (Å²) in [4.78, 5) is 25.4. The van der Waals surface area contributed by atoms with Gasteiger partial charge in [0.15, 0.2) is 11.6 Å². The maximum atomic E-state index is 13.4. The van der Waals surface area contributed by atoms with Crippen LogP contribution in [0.3, 0.4) is 0 Å². The predicted octanol–water partition coefficient (Wildman–Crippen LogP) is 2.26. The number of anilines is 1. The second-order valence-corrected chi connectivity index (χ2v) is 4.50. The van der Waals surface area contributed by atoms with Gasteiger partial charge in [-0.3, -0.25) is 9.59 Å². The molecule has 0 spiro atoms. The first kappa shape index (κ1) is 12.3. The van der Waals surface area contributed by atoms with E-state index in [1.54, 1.807) is 24.3 Å². The summed E-state index contributed by atoms with van der Waals surface area (Å²) in [6.45, 7) is 0. The zero-order chi connectivity index (χ0) is 14.3. The predicted molar refractivity (Wildman–Crippen MR) is 70.0 cm³/mol. The van der Waals surface area contributed by atoms with Crippen molar-refractivity contribution in [1.29, 1.82) is 0 Å². The number of nitrogens with zero attached hydrogens (tertiary/aromatic N) is 1. The summed E-state index contributed by atoms with van der Waals surface area (Å²) < 4.78 is 13.4. The molecule has 100 valence electrons. The van der Waals surface area contributed by atoms with Crippen molar-refractivity contribution >= 4 is 17.5 Å². The molecule has 0 bridgehead atoms. The number of carbonyl (C=O) groups excluding carboxylic acids is 2. The monoisotopic (exact) mass is 271 g/mol. The van der Waals surface area contributed by atoms with E-state index in [-0.39, 0.29) is 12.1 Å². The molecule has 0 unspecified atom stereocenters. The number of phenolic OH excluding ortho intramolecular Hbond substituents is 1. The summed E-state index contributed by atoms with van der Waals surface area (Å²) in [6, 6.07) is 10.2. The summed E-state index contributed by atoms with van der Waals surface area (Å²) in [7, 11) is 0. The number of rotatable bonds is 1. The van der Waals surface area contributed by atoms with Gasteiger partial charge in [-0.2, -0.15) is 0 Å². The number of amides is 2. The quantitative estimate of drug-likeness (QED) is 0.809. The number of hydrogen-bond donors (Lipinski definition) is 1. The first-order valence-electron chi connectivity index (χ1n) is 6.01. The van der Waals surface area contributed by atoms with Crippen LogP contribution in [0.15, 0.2) is 42.5 Å². The molecule has 20 heavy (non-hydrogen) atoms. The van der Waals surface area contributed by atoms with Crippen molar-refractivity contribution in [2.45, 2.75) is 6.42 Å². The average molecular weight is 271 g/mol. The molecule has 0 atom stereocenters. The average Bonchev–Trinajstić information content (AvgIpc) is 2.43. The van der Waals surface area contributed by atoms with Gasteiger partial charge in [0, 0.05) is 11.6 Å². The zero-order valence-corrected chi connectivity index (χ0v) is 10.3. The molecule has 0 saturated heterocycles. The van der Waals surface area contributed by atoms with Crippen molar-refractivity contribution in [3.8, 4) is 5.75 Å². The Kier molecular flexibility index (Phi) is 2.75. The smallest absolute Gasteiger partial charge is 0.265 e. The number of fused-ring (bicyclic) bond motifs is 1. The van der Waals surface area contributed by atoms with Crippen LogP contribution in [0.25, 0.3) is 0 Å². The second-order valence-electron chi connectivity index (χ2n) is 4.50. The van der Waals surface area contributed by atoms with Crippen molar-refractivity contribution in [1.82, 2.24) is 0 Å². The molecule has 0 fully saturated rings. The topological polar surface area (TPSA) is 57.6 Å². The standard InChI is InChI=1S/C15H10FNO3/c16-12-8-10(5-6-13(12)18)17-14(19)7-9-3-1-2-4-11(9)15(17)20/h1-6,8,18H,7H2. The Hall–Kier alpha value is -2.69. The molecule has 2 aromatic rings. The lowest BCUT2D eigenvalue weighted by Gasteiger charge is -2.26. The molecule has 4 nitrogen and oxygen atoms in total. The summed E-state index contributed by atoms with van der Waals surface area (Å²) in [5, 5.41) is 9.17. The molecule has 0 saturated carbocycles. The lowest BCUT2D eigenvalue weighted by atomic mass is 9.98. The third-order valence-corrected chi connectivity index (χ3v) is 3.23. The summed E-state index contributed by atoms with van der Waals surface area (Å²) in [5.41, 5.74) is 1.21. The third-order valence-electron chi connectivity index (χ3n) is 3.23. The van der Waals surface area contributed by atoms with Gasteiger partial charge in [-0.1, -0.05) is 18.2 Å². The van der Waals surface area contributed by atoms with E-state index in [1.807, 2.05) is 0 Å². The van der Waals surface area contributed by atoms with E-state index >= 15 is 0 Å². The van der Waals surface area contributed by atoms with Crippen LogP contribution in [0.4, 0.5) is 10.1 Å². The van der Waals surface area contributed by atoms with E-state index in [0.29, 0.717) is 11.1 Å². The second kappa shape index (κ2) is 4.45. The maximum absolute atomic E-state index is 13.4. The Morgan fingerprint density at radius 1 is 1.10 bits per heavy atom. The van der Waals surface area contributed by atoms with E-state index in [2.05, 4.69) is 0 Å². The first-order valence-corrected chi connectivity index (χ1v) is 6.01. The van der Waals surface area contributed by atoms with Crippen molar-refractivity contribution in [3.63, 3.8) is 0 Å². The molecule has 0 aliphatic carbocycles. The van der Waals surface area contributed by atoms with Gasteiger partial charge < -0.3 is 5.11 Å². The van der Waals surface area contributed by atoms with Crippen molar-refractivity contribution in [3.05, 3.63) is 59.4 Å². The Balaban J connectivity index is 2.08. The largest absolute Gasteiger partial charge is 0.505 e. The molecule has 0 radical (unpaired) electrons. The highest BCUT2D eigenvalue weighted by Gasteiger charge is 2.32. The van der Waals surface area contributed by atoms with E-state index in [1.165, 1.54) is 6.07 Å². The summed E-state index contributed by atoms with van der Waals surface area (Å²) >= 11 is 0. The lowest BCUT2D eigenvalue weighted by molar-refractivity contribution is -0.117. The zero-order valence-electron chi connectivity index (χ0n) is 10.3. The van der Waals surface area contributed by atoms with Crippen LogP contribution < -0.4 is 4.90 Å². The molecule has 2 aromatic carbocycles. The number of benzene rings is 2. The van der Waals surface area contributed by atoms with Crippen LogP contribution in [-0.4, -0.2) is 16.9 Å². The fraction of sp³-hybridized carbons (Fsp3) is 0.0667. The fourth-order valence-corrected chi connectivity index (χ4v) is 2.25. The maximum Gasteiger partial charge on any atom is 0.265 e. The molecule has 1 heterocycles. The number of aromatic hydroxyl groups is 1. The fourth-order valence-electron chi connectivity index (χ4n) is 2.25. The van der Waals surface area contributed by atoms with Crippen molar-refractivity contribution in [2.75, 3.05) is 4.90 Å². The van der Waals surface area contributed by atoms with Crippen LogP contribution in [0.1, 0.15) is 15.9 Å². The minimum Gasteiger partial charge on any atom is -0.505 e. The molecule has 2 amide bonds. The van der Waals surface area contributed by atoms with Crippen LogP contribution in [-0.2, 0) is 11.2 Å². The normalized spacial score (nSPS) is 14.3. The van der Waals surface area contributed by atoms with Gasteiger partial charge >= 0.3 is 0 Å². The van der Waals surface area contributed by atoms with Gasteiger partial charge in [-0.25, -0.2) is 9.29 Å². The Morgan fingerprint density at radius 2 is 1.85 bits per heavy atom. The number of phenols is 1.